The zero-order chi connectivity index (χ0) is 16.9. The molecule has 0 radical (unpaired) electrons. The van der Waals surface area contributed by atoms with Gasteiger partial charge in [-0.2, -0.15) is 0 Å². The van der Waals surface area contributed by atoms with Crippen LogP contribution in [0, 0.1) is 5.92 Å². The fourth-order valence-corrected chi connectivity index (χ4v) is 4.01. The lowest BCUT2D eigenvalue weighted by Crippen LogP contribution is -2.33. The highest BCUT2D eigenvalue weighted by Gasteiger charge is 2.22. The van der Waals surface area contributed by atoms with Crippen molar-refractivity contribution in [3.63, 3.8) is 0 Å². The number of hydrogen-bond acceptors (Lipinski definition) is 5. The number of aromatic carboxylic acids is 1. The fraction of sp³-hybridized carbons (Fsp3) is 0.444. The minimum Gasteiger partial charge on any atom is -0.478 e. The van der Waals surface area contributed by atoms with E-state index >= 15 is 0 Å². The summed E-state index contributed by atoms with van der Waals surface area (Å²) in [7, 11) is 1.64. The van der Waals surface area contributed by atoms with Crippen molar-refractivity contribution in [2.75, 3.05) is 20.2 Å². The summed E-state index contributed by atoms with van der Waals surface area (Å²) in [5, 5.41) is 10.0. The van der Waals surface area contributed by atoms with Gasteiger partial charge in [0.1, 0.15) is 0 Å². The highest BCUT2D eigenvalue weighted by Crippen LogP contribution is 2.26. The van der Waals surface area contributed by atoms with E-state index in [0.717, 1.165) is 44.5 Å². The number of piperidine rings is 1. The molecule has 0 aliphatic carbocycles. The maximum atomic E-state index is 11.3. The van der Waals surface area contributed by atoms with Crippen LogP contribution in [-0.4, -0.2) is 41.2 Å². The second-order valence-corrected chi connectivity index (χ2v) is 7.26. The fourth-order valence-electron chi connectivity index (χ4n) is 3.24. The average Bonchev–Trinajstić information content (AvgIpc) is 3.04. The molecule has 1 aromatic carbocycles. The second kappa shape index (κ2) is 7.77. The highest BCUT2D eigenvalue weighted by atomic mass is 32.1. The molecule has 1 aromatic heterocycles. The predicted octanol–water partition coefficient (Wildman–Crippen LogP) is 3.30. The predicted molar refractivity (Wildman–Crippen MR) is 93.8 cm³/mol. The van der Waals surface area contributed by atoms with Gasteiger partial charge in [0.2, 0.25) is 0 Å². The Balaban J connectivity index is 1.53. The third-order valence-corrected chi connectivity index (χ3v) is 5.49. The number of carbonyl (C=O) groups is 1. The highest BCUT2D eigenvalue weighted by molar-refractivity contribution is 7.13. The quantitative estimate of drug-likeness (QED) is 0.869. The number of hydrogen-bond donors (Lipinski definition) is 1. The van der Waals surface area contributed by atoms with E-state index in [0.29, 0.717) is 16.7 Å². The Morgan fingerprint density at radius 2 is 2.12 bits per heavy atom. The molecule has 1 aliphatic heterocycles. The van der Waals surface area contributed by atoms with Crippen molar-refractivity contribution in [3.05, 3.63) is 46.5 Å². The summed E-state index contributed by atoms with van der Waals surface area (Å²) in [6, 6.07) is 7.36. The molecular weight excluding hydrogens is 324 g/mol. The normalized spacial score (nSPS) is 16.2. The Morgan fingerprint density at radius 1 is 1.38 bits per heavy atom. The first-order chi connectivity index (χ1) is 11.7. The van der Waals surface area contributed by atoms with Crippen LogP contribution in [0.2, 0.25) is 0 Å². The summed E-state index contributed by atoms with van der Waals surface area (Å²) >= 11 is 1.59. The maximum Gasteiger partial charge on any atom is 0.335 e. The molecule has 0 saturated carbocycles. The molecule has 1 aliphatic rings. The Labute approximate surface area is 145 Å². The van der Waals surface area contributed by atoms with Gasteiger partial charge in [0.05, 0.1) is 12.7 Å². The van der Waals surface area contributed by atoms with Gasteiger partial charge in [-0.25, -0.2) is 9.78 Å². The van der Waals surface area contributed by atoms with E-state index in [1.54, 1.807) is 30.6 Å². The maximum absolute atomic E-state index is 11.3. The SMILES string of the molecule is COc1ncc(CN2CCC(Cc3ccccc3C(=O)O)CC2)s1. The molecule has 1 saturated heterocycles. The number of ether oxygens (including phenoxy) is 1. The topological polar surface area (TPSA) is 62.7 Å². The van der Waals surface area contributed by atoms with E-state index in [-0.39, 0.29) is 0 Å². The Bertz CT molecular complexity index is 693. The van der Waals surface area contributed by atoms with Gasteiger partial charge in [-0.1, -0.05) is 29.5 Å². The van der Waals surface area contributed by atoms with Crippen LogP contribution in [0.3, 0.4) is 0 Å². The molecule has 128 valence electrons. The van der Waals surface area contributed by atoms with Gasteiger partial charge in [-0.3, -0.25) is 4.90 Å². The smallest absolute Gasteiger partial charge is 0.335 e. The number of carboxylic acid groups (broad SMARTS) is 1. The number of aromatic nitrogens is 1. The monoisotopic (exact) mass is 346 g/mol. The molecule has 0 atom stereocenters. The third-order valence-electron chi connectivity index (χ3n) is 4.55. The summed E-state index contributed by atoms with van der Waals surface area (Å²) in [5.74, 6) is -0.278. The summed E-state index contributed by atoms with van der Waals surface area (Å²) in [4.78, 5) is 19.2. The number of rotatable bonds is 6. The molecule has 0 unspecified atom stereocenters. The second-order valence-electron chi connectivity index (χ2n) is 6.18. The number of likely N-dealkylation sites (tertiary alicyclic amines) is 1. The van der Waals surface area contributed by atoms with Crippen LogP contribution in [0.4, 0.5) is 0 Å². The largest absolute Gasteiger partial charge is 0.478 e. The van der Waals surface area contributed by atoms with E-state index in [1.807, 2.05) is 18.3 Å². The molecule has 0 amide bonds. The van der Waals surface area contributed by atoms with Crippen LogP contribution in [0.15, 0.2) is 30.5 Å². The van der Waals surface area contributed by atoms with Crippen molar-refractivity contribution in [3.8, 4) is 5.19 Å². The number of benzene rings is 1. The first-order valence-electron chi connectivity index (χ1n) is 8.18. The van der Waals surface area contributed by atoms with Crippen molar-refractivity contribution < 1.29 is 14.6 Å². The number of nitrogens with zero attached hydrogens (tertiary/aromatic N) is 2. The van der Waals surface area contributed by atoms with Crippen LogP contribution in [-0.2, 0) is 13.0 Å². The molecule has 2 heterocycles. The average molecular weight is 346 g/mol. The van der Waals surface area contributed by atoms with E-state index < -0.39 is 5.97 Å². The van der Waals surface area contributed by atoms with Gasteiger partial charge in [-0.05, 0) is 49.9 Å². The standard InChI is InChI=1S/C18H22N2O3S/c1-23-18-19-11-15(24-18)12-20-8-6-13(7-9-20)10-14-4-2-3-5-16(14)17(21)22/h2-5,11,13H,6-10,12H2,1H3,(H,21,22). The lowest BCUT2D eigenvalue weighted by molar-refractivity contribution is 0.0695. The van der Waals surface area contributed by atoms with Gasteiger partial charge >= 0.3 is 5.97 Å². The lowest BCUT2D eigenvalue weighted by atomic mass is 9.88. The van der Waals surface area contributed by atoms with Crippen molar-refractivity contribution in [2.24, 2.45) is 5.92 Å². The van der Waals surface area contributed by atoms with Crippen molar-refractivity contribution in [2.45, 2.75) is 25.8 Å². The summed E-state index contributed by atoms with van der Waals surface area (Å²) in [6.45, 7) is 3.00. The molecular formula is C18H22N2O3S. The summed E-state index contributed by atoms with van der Waals surface area (Å²) in [6.07, 6.45) is 4.94. The lowest BCUT2D eigenvalue weighted by Gasteiger charge is -2.31. The molecule has 6 heteroatoms. The number of thiazole rings is 1. The zero-order valence-corrected chi connectivity index (χ0v) is 14.6. The molecule has 5 nitrogen and oxygen atoms in total. The van der Waals surface area contributed by atoms with Gasteiger partial charge < -0.3 is 9.84 Å². The van der Waals surface area contributed by atoms with E-state index in [2.05, 4.69) is 9.88 Å². The third kappa shape index (κ3) is 4.13. The first kappa shape index (κ1) is 16.9. The van der Waals surface area contributed by atoms with Crippen LogP contribution in [0.1, 0.15) is 33.6 Å². The Morgan fingerprint density at radius 3 is 2.79 bits per heavy atom. The van der Waals surface area contributed by atoms with Gasteiger partial charge in [-0.15, -0.1) is 0 Å². The van der Waals surface area contributed by atoms with Gasteiger partial charge in [0, 0.05) is 17.6 Å². The molecule has 3 rings (SSSR count). The van der Waals surface area contributed by atoms with Gasteiger partial charge in [0.25, 0.3) is 5.19 Å². The van der Waals surface area contributed by atoms with Crippen LogP contribution in [0.5, 0.6) is 5.19 Å². The summed E-state index contributed by atoms with van der Waals surface area (Å²) in [5.41, 5.74) is 1.40. The molecule has 24 heavy (non-hydrogen) atoms. The molecule has 2 aromatic rings. The number of carboxylic acids is 1. The van der Waals surface area contributed by atoms with E-state index in [9.17, 15) is 9.90 Å². The van der Waals surface area contributed by atoms with Crippen molar-refractivity contribution in [1.29, 1.82) is 0 Å². The summed E-state index contributed by atoms with van der Waals surface area (Å²) < 4.78 is 5.14. The van der Waals surface area contributed by atoms with Gasteiger partial charge in [0.15, 0.2) is 0 Å². The van der Waals surface area contributed by atoms with Crippen LogP contribution in [0.25, 0.3) is 0 Å². The van der Waals surface area contributed by atoms with Crippen LogP contribution < -0.4 is 4.74 Å². The minimum atomic E-state index is -0.831. The number of methoxy groups -OCH3 is 1. The van der Waals surface area contributed by atoms with Crippen molar-refractivity contribution >= 4 is 17.3 Å². The Kier molecular flexibility index (Phi) is 5.48. The minimum absolute atomic E-state index is 0.441. The zero-order valence-electron chi connectivity index (χ0n) is 13.8. The Hall–Kier alpha value is -1.92. The molecule has 0 bridgehead atoms. The first-order valence-corrected chi connectivity index (χ1v) is 8.99. The van der Waals surface area contributed by atoms with E-state index in [4.69, 9.17) is 4.74 Å². The van der Waals surface area contributed by atoms with Crippen LogP contribution >= 0.6 is 11.3 Å². The molecule has 1 N–H and O–H groups in total. The van der Waals surface area contributed by atoms with Crippen molar-refractivity contribution in [1.82, 2.24) is 9.88 Å². The molecule has 1 fully saturated rings. The van der Waals surface area contributed by atoms with E-state index in [1.165, 1.54) is 4.88 Å². The molecule has 0 spiro atoms.